The van der Waals surface area contributed by atoms with Crippen molar-refractivity contribution >= 4 is 0 Å². The number of aromatic nitrogens is 3. The van der Waals surface area contributed by atoms with Crippen molar-refractivity contribution < 1.29 is 4.39 Å². The van der Waals surface area contributed by atoms with E-state index in [-0.39, 0.29) is 11.9 Å². The monoisotopic (exact) mass is 248 g/mol. The molecule has 96 valence electrons. The number of hydrogen-bond acceptors (Lipinski definition) is 3. The van der Waals surface area contributed by atoms with Crippen molar-refractivity contribution in [2.45, 2.75) is 18.9 Å². The van der Waals surface area contributed by atoms with E-state index in [0.717, 1.165) is 18.5 Å². The van der Waals surface area contributed by atoms with Gasteiger partial charge < -0.3 is 5.32 Å². The topological polar surface area (TPSA) is 42.7 Å². The third kappa shape index (κ3) is 2.73. The lowest BCUT2D eigenvalue weighted by molar-refractivity contribution is 0.499. The predicted molar refractivity (Wildman–Crippen MR) is 67.5 cm³/mol. The third-order valence-electron chi connectivity index (χ3n) is 3.14. The van der Waals surface area contributed by atoms with Crippen molar-refractivity contribution in [3.8, 4) is 0 Å². The second-order valence-corrected chi connectivity index (χ2v) is 4.22. The van der Waals surface area contributed by atoms with E-state index in [4.69, 9.17) is 0 Å². The molecule has 0 aliphatic carbocycles. The van der Waals surface area contributed by atoms with Crippen molar-refractivity contribution in [1.29, 1.82) is 0 Å². The highest BCUT2D eigenvalue weighted by Gasteiger charge is 2.14. The molecule has 0 fully saturated rings. The maximum Gasteiger partial charge on any atom is 0.146 e. The van der Waals surface area contributed by atoms with Gasteiger partial charge in [-0.05, 0) is 32.0 Å². The Morgan fingerprint density at radius 1 is 1.39 bits per heavy atom. The summed E-state index contributed by atoms with van der Waals surface area (Å²) in [5.41, 5.74) is 1.80. The quantitative estimate of drug-likeness (QED) is 0.878. The van der Waals surface area contributed by atoms with Gasteiger partial charge in [-0.1, -0.05) is 0 Å². The van der Waals surface area contributed by atoms with Crippen LogP contribution in [-0.2, 0) is 13.5 Å². The van der Waals surface area contributed by atoms with Crippen molar-refractivity contribution in [2.24, 2.45) is 7.05 Å². The fourth-order valence-electron chi connectivity index (χ4n) is 2.06. The van der Waals surface area contributed by atoms with E-state index in [1.807, 2.05) is 24.8 Å². The zero-order valence-corrected chi connectivity index (χ0v) is 10.6. The zero-order chi connectivity index (χ0) is 13.0. The van der Waals surface area contributed by atoms with E-state index in [2.05, 4.69) is 15.4 Å². The second kappa shape index (κ2) is 5.73. The minimum absolute atomic E-state index is 0.0112. The molecule has 0 saturated carbocycles. The number of hydrogen-bond donors (Lipinski definition) is 1. The molecule has 5 heteroatoms. The summed E-state index contributed by atoms with van der Waals surface area (Å²) in [6.45, 7) is 0. The van der Waals surface area contributed by atoms with Gasteiger partial charge in [0.15, 0.2) is 0 Å². The Morgan fingerprint density at radius 3 is 2.83 bits per heavy atom. The number of rotatable bonds is 5. The van der Waals surface area contributed by atoms with Gasteiger partial charge in [-0.25, -0.2) is 4.39 Å². The summed E-state index contributed by atoms with van der Waals surface area (Å²) >= 11 is 0. The molecule has 0 aromatic carbocycles. The van der Waals surface area contributed by atoms with Gasteiger partial charge in [0, 0.05) is 36.7 Å². The maximum absolute atomic E-state index is 13.7. The van der Waals surface area contributed by atoms with Crippen LogP contribution in [-0.4, -0.2) is 21.8 Å². The van der Waals surface area contributed by atoms with Crippen molar-refractivity contribution in [2.75, 3.05) is 7.05 Å². The average molecular weight is 248 g/mol. The number of nitrogens with one attached hydrogen (secondary N) is 1. The van der Waals surface area contributed by atoms with Crippen LogP contribution >= 0.6 is 0 Å². The molecule has 0 bridgehead atoms. The molecule has 1 unspecified atom stereocenters. The molecule has 1 atom stereocenters. The Kier molecular flexibility index (Phi) is 4.04. The van der Waals surface area contributed by atoms with Crippen LogP contribution in [0.25, 0.3) is 0 Å². The lowest BCUT2D eigenvalue weighted by Crippen LogP contribution is -2.19. The van der Waals surface area contributed by atoms with Gasteiger partial charge in [0.1, 0.15) is 5.82 Å². The highest BCUT2D eigenvalue weighted by Crippen LogP contribution is 2.20. The van der Waals surface area contributed by atoms with Crippen LogP contribution in [0.4, 0.5) is 4.39 Å². The highest BCUT2D eigenvalue weighted by molar-refractivity contribution is 5.17. The van der Waals surface area contributed by atoms with E-state index in [1.165, 1.54) is 6.20 Å². The minimum Gasteiger partial charge on any atom is -0.313 e. The van der Waals surface area contributed by atoms with Gasteiger partial charge in [0.25, 0.3) is 0 Å². The Morgan fingerprint density at radius 2 is 2.22 bits per heavy atom. The van der Waals surface area contributed by atoms with E-state index >= 15 is 0 Å². The molecule has 0 radical (unpaired) electrons. The van der Waals surface area contributed by atoms with Crippen LogP contribution in [0.2, 0.25) is 0 Å². The molecule has 0 spiro atoms. The van der Waals surface area contributed by atoms with Gasteiger partial charge in [-0.15, -0.1) is 0 Å². The maximum atomic E-state index is 13.7. The van der Waals surface area contributed by atoms with E-state index < -0.39 is 0 Å². The molecule has 2 heterocycles. The molecule has 0 aliphatic heterocycles. The highest BCUT2D eigenvalue weighted by atomic mass is 19.1. The molecule has 2 rings (SSSR count). The molecule has 2 aromatic rings. The number of pyridine rings is 1. The summed E-state index contributed by atoms with van der Waals surface area (Å²) in [5, 5.41) is 7.27. The van der Waals surface area contributed by atoms with Crippen molar-refractivity contribution in [3.63, 3.8) is 0 Å². The molecule has 2 aromatic heterocycles. The molecular weight excluding hydrogens is 231 g/mol. The number of nitrogens with zero attached hydrogens (tertiary/aromatic N) is 3. The third-order valence-corrected chi connectivity index (χ3v) is 3.14. The molecule has 0 saturated heterocycles. The van der Waals surface area contributed by atoms with Crippen LogP contribution in [0.5, 0.6) is 0 Å². The zero-order valence-electron chi connectivity index (χ0n) is 10.6. The van der Waals surface area contributed by atoms with E-state index in [9.17, 15) is 4.39 Å². The normalized spacial score (nSPS) is 12.6. The fraction of sp³-hybridized carbons (Fsp3) is 0.385. The summed E-state index contributed by atoms with van der Waals surface area (Å²) < 4.78 is 15.5. The standard InChI is InChI=1S/C13H17FN4/c1-15-13(11-6-7-16-9-12(11)14)4-3-10-5-8-17-18(10)2/h5-9,13,15H,3-4H2,1-2H3. The lowest BCUT2D eigenvalue weighted by Gasteiger charge is -2.17. The fourth-order valence-corrected chi connectivity index (χ4v) is 2.06. The van der Waals surface area contributed by atoms with Crippen molar-refractivity contribution in [3.05, 3.63) is 47.8 Å². The summed E-state index contributed by atoms with van der Waals surface area (Å²) in [6.07, 6.45) is 6.31. The first-order valence-electron chi connectivity index (χ1n) is 5.96. The molecular formula is C13H17FN4. The Bertz CT molecular complexity index is 509. The Balaban J connectivity index is 2.07. The largest absolute Gasteiger partial charge is 0.313 e. The summed E-state index contributed by atoms with van der Waals surface area (Å²) in [6, 6.07) is 3.69. The van der Waals surface area contributed by atoms with Gasteiger partial charge in [0.2, 0.25) is 0 Å². The smallest absolute Gasteiger partial charge is 0.146 e. The SMILES string of the molecule is CNC(CCc1ccnn1C)c1ccncc1F. The minimum atomic E-state index is -0.262. The van der Waals surface area contributed by atoms with E-state index in [0.29, 0.717) is 5.56 Å². The summed E-state index contributed by atoms with van der Waals surface area (Å²) in [4.78, 5) is 3.77. The predicted octanol–water partition coefficient (Wildman–Crippen LogP) is 1.85. The number of aryl methyl sites for hydroxylation is 2. The molecule has 18 heavy (non-hydrogen) atoms. The second-order valence-electron chi connectivity index (χ2n) is 4.22. The van der Waals surface area contributed by atoms with Gasteiger partial charge in [0.05, 0.1) is 6.20 Å². The molecule has 4 nitrogen and oxygen atoms in total. The number of halogens is 1. The van der Waals surface area contributed by atoms with Gasteiger partial charge in [-0.2, -0.15) is 5.10 Å². The molecule has 0 amide bonds. The van der Waals surface area contributed by atoms with Crippen LogP contribution in [0, 0.1) is 5.82 Å². The molecule has 0 aliphatic rings. The first-order valence-corrected chi connectivity index (χ1v) is 5.96. The van der Waals surface area contributed by atoms with Crippen LogP contribution in [0.15, 0.2) is 30.7 Å². The van der Waals surface area contributed by atoms with Gasteiger partial charge in [-0.3, -0.25) is 9.67 Å². The summed E-state index contributed by atoms with van der Waals surface area (Å²) in [5.74, 6) is -0.262. The van der Waals surface area contributed by atoms with Crippen LogP contribution < -0.4 is 5.32 Å². The van der Waals surface area contributed by atoms with Crippen molar-refractivity contribution in [1.82, 2.24) is 20.1 Å². The summed E-state index contributed by atoms with van der Waals surface area (Å²) in [7, 11) is 3.75. The van der Waals surface area contributed by atoms with E-state index in [1.54, 1.807) is 18.5 Å². The van der Waals surface area contributed by atoms with Crippen LogP contribution in [0.1, 0.15) is 23.7 Å². The average Bonchev–Trinajstić information content (AvgIpc) is 2.78. The Labute approximate surface area is 106 Å². The molecule has 1 N–H and O–H groups in total. The Hall–Kier alpha value is -1.75. The first-order chi connectivity index (χ1) is 8.72. The first kappa shape index (κ1) is 12.7. The lowest BCUT2D eigenvalue weighted by atomic mass is 10.0. The van der Waals surface area contributed by atoms with Gasteiger partial charge >= 0.3 is 0 Å². The van der Waals surface area contributed by atoms with Crippen LogP contribution in [0.3, 0.4) is 0 Å².